The van der Waals surface area contributed by atoms with Crippen LogP contribution in [0, 0.1) is 0 Å². The quantitative estimate of drug-likeness (QED) is 0.863. The molecular formula is C15H16F3N. The fraction of sp³-hybridized carbons (Fsp3) is 0.333. The number of halogens is 3. The number of hydrogen-bond acceptors (Lipinski definition) is 1. The van der Waals surface area contributed by atoms with E-state index in [9.17, 15) is 13.2 Å². The fourth-order valence-electron chi connectivity index (χ4n) is 2.32. The molecule has 2 aromatic rings. The van der Waals surface area contributed by atoms with Gasteiger partial charge in [-0.25, -0.2) is 0 Å². The molecule has 0 saturated carbocycles. The van der Waals surface area contributed by atoms with Crippen LogP contribution in [0.4, 0.5) is 13.2 Å². The first-order chi connectivity index (χ1) is 9.01. The minimum Gasteiger partial charge on any atom is -0.310 e. The van der Waals surface area contributed by atoms with Gasteiger partial charge in [0, 0.05) is 6.04 Å². The highest BCUT2D eigenvalue weighted by molar-refractivity contribution is 5.86. The van der Waals surface area contributed by atoms with Crippen LogP contribution in [0.5, 0.6) is 0 Å². The molecule has 2 rings (SSSR count). The lowest BCUT2D eigenvalue weighted by Gasteiger charge is -2.21. The van der Waals surface area contributed by atoms with E-state index in [1.54, 1.807) is 12.1 Å². The normalized spacial score (nSPS) is 13.7. The van der Waals surface area contributed by atoms with Crippen molar-refractivity contribution >= 4 is 10.8 Å². The lowest BCUT2D eigenvalue weighted by molar-refractivity contribution is -0.140. The molecule has 2 aromatic carbocycles. The van der Waals surface area contributed by atoms with Crippen molar-refractivity contribution in [2.45, 2.75) is 25.6 Å². The molecule has 0 saturated heterocycles. The predicted molar refractivity (Wildman–Crippen MR) is 71.0 cm³/mol. The third-order valence-corrected chi connectivity index (χ3v) is 3.08. The van der Waals surface area contributed by atoms with Gasteiger partial charge in [0.25, 0.3) is 0 Å². The van der Waals surface area contributed by atoms with E-state index in [1.165, 1.54) is 0 Å². The summed E-state index contributed by atoms with van der Waals surface area (Å²) in [5.74, 6) is 0. The minimum atomic E-state index is -4.18. The molecule has 0 fully saturated rings. The summed E-state index contributed by atoms with van der Waals surface area (Å²) < 4.78 is 38.0. The zero-order valence-electron chi connectivity index (χ0n) is 10.7. The van der Waals surface area contributed by atoms with Crippen LogP contribution in [-0.2, 0) is 0 Å². The van der Waals surface area contributed by atoms with Crippen molar-refractivity contribution in [3.05, 3.63) is 48.0 Å². The third-order valence-electron chi connectivity index (χ3n) is 3.08. The van der Waals surface area contributed by atoms with E-state index in [1.807, 2.05) is 37.3 Å². The van der Waals surface area contributed by atoms with Crippen molar-refractivity contribution in [2.75, 3.05) is 6.54 Å². The average molecular weight is 267 g/mol. The molecule has 0 aliphatic rings. The second kappa shape index (κ2) is 5.61. The van der Waals surface area contributed by atoms with Gasteiger partial charge in [0.1, 0.15) is 0 Å². The summed E-state index contributed by atoms with van der Waals surface area (Å²) in [7, 11) is 0. The van der Waals surface area contributed by atoms with Crippen molar-refractivity contribution in [2.24, 2.45) is 0 Å². The molecule has 0 aliphatic heterocycles. The molecule has 1 nitrogen and oxygen atoms in total. The summed E-state index contributed by atoms with van der Waals surface area (Å²) in [6, 6.07) is 12.3. The highest BCUT2D eigenvalue weighted by Crippen LogP contribution is 2.32. The van der Waals surface area contributed by atoms with E-state index in [0.29, 0.717) is 12.1 Å². The molecular weight excluding hydrogens is 251 g/mol. The molecule has 0 amide bonds. The molecule has 0 spiro atoms. The molecule has 1 unspecified atom stereocenters. The Morgan fingerprint density at radius 3 is 2.42 bits per heavy atom. The van der Waals surface area contributed by atoms with Crippen molar-refractivity contribution in [1.29, 1.82) is 0 Å². The van der Waals surface area contributed by atoms with Gasteiger partial charge in [-0.05, 0) is 22.9 Å². The minimum absolute atomic E-state index is 0.504. The monoisotopic (exact) mass is 267 g/mol. The van der Waals surface area contributed by atoms with Crippen LogP contribution in [0.15, 0.2) is 42.5 Å². The Bertz CT molecular complexity index is 543. The van der Waals surface area contributed by atoms with Crippen LogP contribution in [-0.4, -0.2) is 12.7 Å². The summed E-state index contributed by atoms with van der Waals surface area (Å²) in [6.45, 7) is 2.32. The molecule has 0 heterocycles. The third kappa shape index (κ3) is 3.47. The van der Waals surface area contributed by atoms with Crippen LogP contribution in [0.2, 0.25) is 0 Å². The topological polar surface area (TPSA) is 12.0 Å². The van der Waals surface area contributed by atoms with Gasteiger partial charge in [-0.2, -0.15) is 13.2 Å². The van der Waals surface area contributed by atoms with Gasteiger partial charge in [-0.15, -0.1) is 0 Å². The zero-order chi connectivity index (χ0) is 13.9. The summed E-state index contributed by atoms with van der Waals surface area (Å²) in [6.07, 6.45) is -5.03. The Hall–Kier alpha value is -1.55. The van der Waals surface area contributed by atoms with Crippen molar-refractivity contribution in [3.63, 3.8) is 0 Å². The second-order valence-corrected chi connectivity index (χ2v) is 4.50. The highest BCUT2D eigenvalue weighted by atomic mass is 19.4. The standard InChI is InChI=1S/C15H16F3N/c1-2-19-14(10-15(16,17)18)13-9-5-7-11-6-3-4-8-12(11)13/h3-9,14,19H,2,10H2,1H3. The van der Waals surface area contributed by atoms with Gasteiger partial charge in [0.2, 0.25) is 0 Å². The molecule has 1 atom stereocenters. The molecule has 102 valence electrons. The molecule has 0 radical (unpaired) electrons. The Morgan fingerprint density at radius 1 is 1.05 bits per heavy atom. The Balaban J connectivity index is 2.44. The number of hydrogen-bond donors (Lipinski definition) is 1. The smallest absolute Gasteiger partial charge is 0.310 e. The number of benzene rings is 2. The molecule has 0 bridgehead atoms. The zero-order valence-corrected chi connectivity index (χ0v) is 10.7. The molecule has 0 aliphatic carbocycles. The lowest BCUT2D eigenvalue weighted by atomic mass is 9.96. The van der Waals surface area contributed by atoms with E-state index in [2.05, 4.69) is 5.32 Å². The van der Waals surface area contributed by atoms with Gasteiger partial charge in [-0.1, -0.05) is 49.4 Å². The fourth-order valence-corrected chi connectivity index (χ4v) is 2.32. The van der Waals surface area contributed by atoms with Gasteiger partial charge in [-0.3, -0.25) is 0 Å². The number of rotatable bonds is 4. The van der Waals surface area contributed by atoms with Gasteiger partial charge in [0.05, 0.1) is 6.42 Å². The highest BCUT2D eigenvalue weighted by Gasteiger charge is 2.32. The summed E-state index contributed by atoms with van der Waals surface area (Å²) >= 11 is 0. The van der Waals surface area contributed by atoms with E-state index < -0.39 is 18.6 Å². The van der Waals surface area contributed by atoms with Crippen LogP contribution < -0.4 is 5.32 Å². The van der Waals surface area contributed by atoms with Gasteiger partial charge in [0.15, 0.2) is 0 Å². The van der Waals surface area contributed by atoms with Crippen molar-refractivity contribution < 1.29 is 13.2 Å². The van der Waals surface area contributed by atoms with Crippen LogP contribution in [0.3, 0.4) is 0 Å². The molecule has 4 heteroatoms. The number of nitrogens with one attached hydrogen (secondary N) is 1. The SMILES string of the molecule is CCNC(CC(F)(F)F)c1cccc2ccccc12. The van der Waals surface area contributed by atoms with Crippen molar-refractivity contribution in [3.8, 4) is 0 Å². The number of alkyl halides is 3. The molecule has 19 heavy (non-hydrogen) atoms. The molecule has 1 N–H and O–H groups in total. The average Bonchev–Trinajstić information content (AvgIpc) is 2.36. The Labute approximate surface area is 110 Å². The maximum atomic E-state index is 12.7. The summed E-state index contributed by atoms with van der Waals surface area (Å²) in [4.78, 5) is 0. The first-order valence-corrected chi connectivity index (χ1v) is 6.29. The number of fused-ring (bicyclic) bond motifs is 1. The molecule has 0 aromatic heterocycles. The van der Waals surface area contributed by atoms with E-state index in [0.717, 1.165) is 10.8 Å². The lowest BCUT2D eigenvalue weighted by Crippen LogP contribution is -2.26. The summed E-state index contributed by atoms with van der Waals surface area (Å²) in [5, 5.41) is 4.77. The predicted octanol–water partition coefficient (Wildman–Crippen LogP) is 4.44. The second-order valence-electron chi connectivity index (χ2n) is 4.50. The van der Waals surface area contributed by atoms with E-state index in [4.69, 9.17) is 0 Å². The van der Waals surface area contributed by atoms with Crippen LogP contribution >= 0.6 is 0 Å². The Kier molecular flexibility index (Phi) is 4.10. The first-order valence-electron chi connectivity index (χ1n) is 6.29. The first kappa shape index (κ1) is 13.9. The maximum absolute atomic E-state index is 12.7. The maximum Gasteiger partial charge on any atom is 0.390 e. The van der Waals surface area contributed by atoms with Crippen LogP contribution in [0.25, 0.3) is 10.8 Å². The van der Waals surface area contributed by atoms with Crippen LogP contribution in [0.1, 0.15) is 24.9 Å². The van der Waals surface area contributed by atoms with E-state index in [-0.39, 0.29) is 0 Å². The van der Waals surface area contributed by atoms with E-state index >= 15 is 0 Å². The Morgan fingerprint density at radius 2 is 1.74 bits per heavy atom. The van der Waals surface area contributed by atoms with Gasteiger partial charge >= 0.3 is 6.18 Å². The summed E-state index contributed by atoms with van der Waals surface area (Å²) in [5.41, 5.74) is 0.706. The van der Waals surface area contributed by atoms with Gasteiger partial charge < -0.3 is 5.32 Å². The van der Waals surface area contributed by atoms with Crippen molar-refractivity contribution in [1.82, 2.24) is 5.32 Å². The largest absolute Gasteiger partial charge is 0.390 e.